The number of carbonyl (C=O) groups excluding carboxylic acids is 1. The van der Waals surface area contributed by atoms with E-state index in [2.05, 4.69) is 22.1 Å². The van der Waals surface area contributed by atoms with E-state index < -0.39 is 17.3 Å². The number of carbonyl (C=O) groups is 1. The Morgan fingerprint density at radius 1 is 1.38 bits per heavy atom. The van der Waals surface area contributed by atoms with Crippen LogP contribution in [-0.2, 0) is 0 Å². The molecule has 0 aliphatic heterocycles. The molecule has 0 aliphatic carbocycles. The summed E-state index contributed by atoms with van der Waals surface area (Å²) in [4.78, 5) is 25.9. The van der Waals surface area contributed by atoms with Crippen LogP contribution < -0.4 is 10.9 Å². The van der Waals surface area contributed by atoms with Gasteiger partial charge in [-0.15, -0.1) is 0 Å². The highest BCUT2D eigenvalue weighted by Crippen LogP contribution is 2.16. The SMILES string of the molecule is O=C(Nc1ccc(F)cc1C#CCO)c1ccc[nH]c1=O. The fourth-order valence-corrected chi connectivity index (χ4v) is 1.65. The minimum absolute atomic E-state index is 0.0668. The topological polar surface area (TPSA) is 82.2 Å². The Morgan fingerprint density at radius 2 is 2.19 bits per heavy atom. The summed E-state index contributed by atoms with van der Waals surface area (Å²) in [5, 5.41) is 11.2. The first-order valence-electron chi connectivity index (χ1n) is 6.00. The Kier molecular flexibility index (Phi) is 4.49. The van der Waals surface area contributed by atoms with Crippen molar-refractivity contribution >= 4 is 11.6 Å². The summed E-state index contributed by atoms with van der Waals surface area (Å²) in [7, 11) is 0. The van der Waals surface area contributed by atoms with Crippen LogP contribution in [-0.4, -0.2) is 22.6 Å². The van der Waals surface area contributed by atoms with Crippen molar-refractivity contribution in [2.75, 3.05) is 11.9 Å². The van der Waals surface area contributed by atoms with Gasteiger partial charge in [0.2, 0.25) is 0 Å². The third kappa shape index (κ3) is 3.55. The predicted octanol–water partition coefficient (Wildman–Crippen LogP) is 1.11. The standard InChI is InChI=1S/C15H11FN2O3/c16-11-5-6-13(10(9-11)3-2-8-19)18-15(21)12-4-1-7-17-14(12)20/h1,4-7,9,19H,8H2,(H,17,20)(H,18,21). The number of hydrogen-bond acceptors (Lipinski definition) is 3. The van der Waals surface area contributed by atoms with E-state index in [1.165, 1.54) is 24.4 Å². The third-order valence-electron chi connectivity index (χ3n) is 2.59. The van der Waals surface area contributed by atoms with Crippen LogP contribution in [0, 0.1) is 17.7 Å². The maximum Gasteiger partial charge on any atom is 0.261 e. The molecule has 0 atom stereocenters. The second-order valence-electron chi connectivity index (χ2n) is 4.02. The minimum Gasteiger partial charge on any atom is -0.384 e. The van der Waals surface area contributed by atoms with E-state index in [-0.39, 0.29) is 23.4 Å². The Balaban J connectivity index is 2.33. The van der Waals surface area contributed by atoms with Gasteiger partial charge in [0.1, 0.15) is 18.0 Å². The van der Waals surface area contributed by atoms with Gasteiger partial charge in [0.05, 0.1) is 11.3 Å². The quantitative estimate of drug-likeness (QED) is 0.723. The van der Waals surface area contributed by atoms with Gasteiger partial charge >= 0.3 is 0 Å². The Hall–Kier alpha value is -2.91. The van der Waals surface area contributed by atoms with Crippen molar-refractivity contribution in [3.63, 3.8) is 0 Å². The highest BCUT2D eigenvalue weighted by molar-refractivity contribution is 6.04. The van der Waals surface area contributed by atoms with E-state index in [1.54, 1.807) is 0 Å². The number of aromatic amines is 1. The number of halogens is 1. The number of pyridine rings is 1. The maximum absolute atomic E-state index is 13.2. The van der Waals surface area contributed by atoms with Crippen molar-refractivity contribution in [3.05, 3.63) is 63.8 Å². The number of benzene rings is 1. The van der Waals surface area contributed by atoms with E-state index in [9.17, 15) is 14.0 Å². The fraction of sp³-hybridized carbons (Fsp3) is 0.0667. The van der Waals surface area contributed by atoms with Gasteiger partial charge in [-0.05, 0) is 30.3 Å². The van der Waals surface area contributed by atoms with Gasteiger partial charge in [0.15, 0.2) is 0 Å². The smallest absolute Gasteiger partial charge is 0.261 e. The Labute approximate surface area is 119 Å². The summed E-state index contributed by atoms with van der Waals surface area (Å²) >= 11 is 0. The van der Waals surface area contributed by atoms with Crippen molar-refractivity contribution in [1.29, 1.82) is 0 Å². The lowest BCUT2D eigenvalue weighted by molar-refractivity contribution is 0.102. The normalized spacial score (nSPS) is 9.62. The molecule has 6 heteroatoms. The summed E-state index contributed by atoms with van der Waals surface area (Å²) in [5.74, 6) is 3.76. The Morgan fingerprint density at radius 3 is 2.90 bits per heavy atom. The zero-order valence-electron chi connectivity index (χ0n) is 10.8. The molecule has 5 nitrogen and oxygen atoms in total. The number of anilines is 1. The number of rotatable bonds is 2. The van der Waals surface area contributed by atoms with Gasteiger partial charge in [0, 0.05) is 6.20 Å². The predicted molar refractivity (Wildman–Crippen MR) is 75.4 cm³/mol. The molecule has 0 saturated heterocycles. The summed E-state index contributed by atoms with van der Waals surface area (Å²) in [6, 6.07) is 6.53. The van der Waals surface area contributed by atoms with Crippen molar-refractivity contribution in [1.82, 2.24) is 4.98 Å². The molecule has 106 valence electrons. The fourth-order valence-electron chi connectivity index (χ4n) is 1.65. The van der Waals surface area contributed by atoms with E-state index >= 15 is 0 Å². The van der Waals surface area contributed by atoms with Crippen LogP contribution in [0.15, 0.2) is 41.3 Å². The number of hydrogen-bond donors (Lipinski definition) is 3. The molecule has 0 bridgehead atoms. The van der Waals surface area contributed by atoms with Crippen LogP contribution >= 0.6 is 0 Å². The van der Waals surface area contributed by atoms with Crippen molar-refractivity contribution in [2.45, 2.75) is 0 Å². The number of aromatic nitrogens is 1. The third-order valence-corrected chi connectivity index (χ3v) is 2.59. The molecule has 1 amide bonds. The van der Waals surface area contributed by atoms with Crippen LogP contribution in [0.2, 0.25) is 0 Å². The largest absolute Gasteiger partial charge is 0.384 e. The first-order chi connectivity index (χ1) is 10.1. The zero-order chi connectivity index (χ0) is 15.2. The Bertz CT molecular complexity index is 787. The lowest BCUT2D eigenvalue weighted by Crippen LogP contribution is -2.22. The lowest BCUT2D eigenvalue weighted by atomic mass is 10.1. The molecule has 3 N–H and O–H groups in total. The van der Waals surface area contributed by atoms with Crippen LogP contribution in [0.5, 0.6) is 0 Å². The van der Waals surface area contributed by atoms with Crippen LogP contribution in [0.1, 0.15) is 15.9 Å². The molecule has 0 spiro atoms. The molecule has 1 aromatic heterocycles. The number of H-pyrrole nitrogens is 1. The van der Waals surface area contributed by atoms with Crippen molar-refractivity contribution in [2.24, 2.45) is 0 Å². The minimum atomic E-state index is -0.629. The summed E-state index contributed by atoms with van der Waals surface area (Å²) in [5.41, 5.74) is -0.127. The van der Waals surface area contributed by atoms with Gasteiger partial charge in [-0.2, -0.15) is 0 Å². The van der Waals surface area contributed by atoms with Crippen molar-refractivity contribution < 1.29 is 14.3 Å². The van der Waals surface area contributed by atoms with Crippen LogP contribution in [0.4, 0.5) is 10.1 Å². The molecule has 1 heterocycles. The lowest BCUT2D eigenvalue weighted by Gasteiger charge is -2.07. The molecule has 0 fully saturated rings. The van der Waals surface area contributed by atoms with Gasteiger partial charge in [-0.3, -0.25) is 9.59 Å². The van der Waals surface area contributed by atoms with Crippen molar-refractivity contribution in [3.8, 4) is 11.8 Å². The molecule has 0 saturated carbocycles. The number of amides is 1. The number of aliphatic hydroxyl groups is 1. The highest BCUT2D eigenvalue weighted by atomic mass is 19.1. The van der Waals surface area contributed by atoms with E-state index in [0.29, 0.717) is 0 Å². The van der Waals surface area contributed by atoms with Gasteiger partial charge in [-0.25, -0.2) is 4.39 Å². The van der Waals surface area contributed by atoms with E-state index in [4.69, 9.17) is 5.11 Å². The average Bonchev–Trinajstić information content (AvgIpc) is 2.47. The van der Waals surface area contributed by atoms with Crippen LogP contribution in [0.3, 0.4) is 0 Å². The molecule has 21 heavy (non-hydrogen) atoms. The van der Waals surface area contributed by atoms with Crippen LogP contribution in [0.25, 0.3) is 0 Å². The van der Waals surface area contributed by atoms with Gasteiger partial charge in [-0.1, -0.05) is 11.8 Å². The summed E-state index contributed by atoms with van der Waals surface area (Å²) in [6.07, 6.45) is 1.41. The number of nitrogens with one attached hydrogen (secondary N) is 2. The highest BCUT2D eigenvalue weighted by Gasteiger charge is 2.12. The second-order valence-corrected chi connectivity index (χ2v) is 4.02. The molecule has 0 unspecified atom stereocenters. The van der Waals surface area contributed by atoms with E-state index in [0.717, 1.165) is 12.1 Å². The summed E-state index contributed by atoms with van der Waals surface area (Å²) in [6.45, 7) is -0.387. The summed E-state index contributed by atoms with van der Waals surface area (Å²) < 4.78 is 13.2. The molecule has 1 aromatic carbocycles. The second kappa shape index (κ2) is 6.50. The monoisotopic (exact) mass is 286 g/mol. The first-order valence-corrected chi connectivity index (χ1v) is 6.00. The van der Waals surface area contributed by atoms with Gasteiger partial charge in [0.25, 0.3) is 11.5 Å². The molecular weight excluding hydrogens is 275 g/mol. The average molecular weight is 286 g/mol. The zero-order valence-corrected chi connectivity index (χ0v) is 10.8. The molecule has 0 aliphatic rings. The molecule has 0 radical (unpaired) electrons. The molecule has 2 rings (SSSR count). The molecule has 2 aromatic rings. The van der Waals surface area contributed by atoms with Gasteiger partial charge < -0.3 is 15.4 Å². The molecular formula is C15H11FN2O3. The number of aliphatic hydroxyl groups excluding tert-OH is 1. The maximum atomic E-state index is 13.2. The van der Waals surface area contributed by atoms with E-state index in [1.807, 2.05) is 0 Å². The first kappa shape index (κ1) is 14.5.